The molecule has 1 N–H and O–H groups in total. The number of rotatable bonds is 1. The maximum absolute atomic E-state index is 3.75. The van der Waals surface area contributed by atoms with E-state index < -0.39 is 0 Å². The number of hydrogen-bond donors (Lipinski definition) is 1. The normalized spacial score (nSPS) is 32.4. The summed E-state index contributed by atoms with van der Waals surface area (Å²) in [5.41, 5.74) is 1.89. The second kappa shape index (κ2) is 3.07. The van der Waals surface area contributed by atoms with Gasteiger partial charge in [-0.25, -0.2) is 0 Å². The van der Waals surface area contributed by atoms with Gasteiger partial charge in [0, 0.05) is 17.0 Å². The Labute approximate surface area is 89.5 Å². The van der Waals surface area contributed by atoms with Gasteiger partial charge in [-0.2, -0.15) is 0 Å². The number of hydrogen-bond acceptors (Lipinski definition) is 2. The van der Waals surface area contributed by atoms with Gasteiger partial charge in [0.2, 0.25) is 0 Å². The average molecular weight is 207 g/mol. The molecule has 1 atom stereocenters. The van der Waals surface area contributed by atoms with Crippen LogP contribution in [0.25, 0.3) is 0 Å². The predicted molar refractivity (Wildman–Crippen MR) is 60.7 cm³/mol. The molecule has 0 bridgehead atoms. The molecule has 1 aliphatic carbocycles. The predicted octanol–water partition coefficient (Wildman–Crippen LogP) is 2.91. The first-order valence-electron chi connectivity index (χ1n) is 5.62. The minimum atomic E-state index is 0.297. The van der Waals surface area contributed by atoms with Gasteiger partial charge in [0.05, 0.1) is 0 Å². The Morgan fingerprint density at radius 1 is 1.50 bits per heavy atom. The summed E-state index contributed by atoms with van der Waals surface area (Å²) in [6.07, 6.45) is 5.49. The highest BCUT2D eigenvalue weighted by atomic mass is 32.1. The van der Waals surface area contributed by atoms with Crippen molar-refractivity contribution < 1.29 is 0 Å². The van der Waals surface area contributed by atoms with E-state index in [1.165, 1.54) is 32.2 Å². The monoisotopic (exact) mass is 207 g/mol. The van der Waals surface area contributed by atoms with Crippen LogP contribution in [-0.4, -0.2) is 6.54 Å². The van der Waals surface area contributed by atoms with E-state index in [9.17, 15) is 0 Å². The van der Waals surface area contributed by atoms with E-state index in [1.807, 2.05) is 11.3 Å². The van der Waals surface area contributed by atoms with Crippen LogP contribution in [0.5, 0.6) is 0 Å². The molecule has 0 saturated heterocycles. The molecule has 0 amide bonds. The molecule has 2 heteroatoms. The van der Waals surface area contributed by atoms with Gasteiger partial charge >= 0.3 is 0 Å². The number of fused-ring (bicyclic) bond motifs is 1. The minimum absolute atomic E-state index is 0.297. The van der Waals surface area contributed by atoms with Gasteiger partial charge in [0.1, 0.15) is 0 Å². The van der Waals surface area contributed by atoms with Gasteiger partial charge in [0.15, 0.2) is 0 Å². The molecule has 1 aliphatic heterocycles. The van der Waals surface area contributed by atoms with E-state index in [4.69, 9.17) is 0 Å². The number of thiophene rings is 1. The fraction of sp³-hybridized carbons (Fsp3) is 0.667. The molecular weight excluding hydrogens is 190 g/mol. The zero-order valence-corrected chi connectivity index (χ0v) is 9.49. The molecule has 2 aliphatic rings. The summed E-state index contributed by atoms with van der Waals surface area (Å²) in [5.74, 6) is 0.885. The third-order valence-corrected chi connectivity index (χ3v) is 5.05. The smallest absolute Gasteiger partial charge is 0.0445 e. The van der Waals surface area contributed by atoms with Gasteiger partial charge in [-0.15, -0.1) is 11.3 Å². The summed E-state index contributed by atoms with van der Waals surface area (Å²) in [4.78, 5) is 1.62. The summed E-state index contributed by atoms with van der Waals surface area (Å²) in [6.45, 7) is 3.57. The highest BCUT2D eigenvalue weighted by Gasteiger charge is 2.42. The zero-order chi connectivity index (χ0) is 9.60. The van der Waals surface area contributed by atoms with E-state index in [0.717, 1.165) is 5.92 Å². The van der Waals surface area contributed by atoms with Crippen LogP contribution in [0.2, 0.25) is 0 Å². The quantitative estimate of drug-likeness (QED) is 0.746. The van der Waals surface area contributed by atoms with E-state index in [0.29, 0.717) is 5.54 Å². The summed E-state index contributed by atoms with van der Waals surface area (Å²) >= 11 is 1.94. The molecule has 1 fully saturated rings. The van der Waals surface area contributed by atoms with Crippen molar-refractivity contribution in [2.75, 3.05) is 6.54 Å². The second-order valence-corrected chi connectivity index (χ2v) is 5.77. The van der Waals surface area contributed by atoms with Gasteiger partial charge in [-0.3, -0.25) is 0 Å². The van der Waals surface area contributed by atoms with Crippen LogP contribution in [0, 0.1) is 5.92 Å². The molecule has 2 heterocycles. The van der Waals surface area contributed by atoms with Crippen molar-refractivity contribution in [3.8, 4) is 0 Å². The summed E-state index contributed by atoms with van der Waals surface area (Å²) in [6, 6.07) is 2.34. The number of nitrogens with one attached hydrogen (secondary N) is 1. The van der Waals surface area contributed by atoms with Gasteiger partial charge < -0.3 is 5.32 Å². The van der Waals surface area contributed by atoms with Crippen LogP contribution in [0.3, 0.4) is 0 Å². The fourth-order valence-corrected chi connectivity index (χ4v) is 3.87. The highest BCUT2D eigenvalue weighted by molar-refractivity contribution is 7.10. The topological polar surface area (TPSA) is 12.0 Å². The third kappa shape index (κ3) is 1.10. The molecule has 1 nitrogen and oxygen atoms in total. The maximum atomic E-state index is 3.75. The van der Waals surface area contributed by atoms with Crippen LogP contribution in [0.4, 0.5) is 0 Å². The van der Waals surface area contributed by atoms with Crippen LogP contribution < -0.4 is 5.32 Å². The molecule has 1 aromatic rings. The standard InChI is InChI=1S/C12H17NS/c1-12(9-3-2-4-9)10-6-8-14-11(10)5-7-13-12/h6,8-9,13H,2-5,7H2,1H3. The summed E-state index contributed by atoms with van der Waals surface area (Å²) in [7, 11) is 0. The molecule has 76 valence electrons. The van der Waals surface area contributed by atoms with Crippen molar-refractivity contribution in [2.24, 2.45) is 5.92 Å². The molecule has 0 spiro atoms. The molecule has 0 aromatic carbocycles. The average Bonchev–Trinajstić information content (AvgIpc) is 2.49. The minimum Gasteiger partial charge on any atom is -0.307 e. The molecular formula is C12H17NS. The molecule has 1 saturated carbocycles. The van der Waals surface area contributed by atoms with Crippen molar-refractivity contribution >= 4 is 11.3 Å². The summed E-state index contributed by atoms with van der Waals surface area (Å²) in [5, 5.41) is 6.00. The van der Waals surface area contributed by atoms with E-state index in [2.05, 4.69) is 23.7 Å². The van der Waals surface area contributed by atoms with Gasteiger partial charge in [-0.05, 0) is 49.1 Å². The lowest BCUT2D eigenvalue weighted by atomic mass is 9.67. The second-order valence-electron chi connectivity index (χ2n) is 4.76. The van der Waals surface area contributed by atoms with Crippen molar-refractivity contribution in [3.05, 3.63) is 21.9 Å². The molecule has 14 heavy (non-hydrogen) atoms. The zero-order valence-electron chi connectivity index (χ0n) is 8.68. The first-order valence-corrected chi connectivity index (χ1v) is 6.50. The van der Waals surface area contributed by atoms with E-state index in [-0.39, 0.29) is 0 Å². The maximum Gasteiger partial charge on any atom is 0.0445 e. The lowest BCUT2D eigenvalue weighted by Crippen LogP contribution is -2.51. The Morgan fingerprint density at radius 3 is 3.07 bits per heavy atom. The van der Waals surface area contributed by atoms with E-state index in [1.54, 1.807) is 10.4 Å². The van der Waals surface area contributed by atoms with Crippen LogP contribution in [0.1, 0.15) is 36.6 Å². The van der Waals surface area contributed by atoms with Crippen molar-refractivity contribution in [2.45, 2.75) is 38.1 Å². The summed E-state index contributed by atoms with van der Waals surface area (Å²) < 4.78 is 0. The Balaban J connectivity index is 2.01. The Bertz CT molecular complexity index is 340. The Morgan fingerprint density at radius 2 is 2.36 bits per heavy atom. The lowest BCUT2D eigenvalue weighted by molar-refractivity contribution is 0.136. The van der Waals surface area contributed by atoms with Crippen LogP contribution in [-0.2, 0) is 12.0 Å². The highest BCUT2D eigenvalue weighted by Crippen LogP contribution is 2.45. The first-order chi connectivity index (χ1) is 6.81. The Kier molecular flexibility index (Phi) is 1.96. The molecule has 0 radical (unpaired) electrons. The van der Waals surface area contributed by atoms with Crippen LogP contribution >= 0.6 is 11.3 Å². The molecule has 1 unspecified atom stereocenters. The van der Waals surface area contributed by atoms with Crippen molar-refractivity contribution in [3.63, 3.8) is 0 Å². The molecule has 3 rings (SSSR count). The van der Waals surface area contributed by atoms with Gasteiger partial charge in [-0.1, -0.05) is 6.42 Å². The lowest BCUT2D eigenvalue weighted by Gasteiger charge is -2.46. The van der Waals surface area contributed by atoms with Crippen molar-refractivity contribution in [1.29, 1.82) is 0 Å². The SMILES string of the molecule is CC1(C2CCC2)NCCc2sccc21. The van der Waals surface area contributed by atoms with Gasteiger partial charge in [0.25, 0.3) is 0 Å². The van der Waals surface area contributed by atoms with Crippen LogP contribution in [0.15, 0.2) is 11.4 Å². The fourth-order valence-electron chi connectivity index (χ4n) is 2.88. The third-order valence-electron chi connectivity index (χ3n) is 4.07. The van der Waals surface area contributed by atoms with Crippen molar-refractivity contribution in [1.82, 2.24) is 5.32 Å². The first kappa shape index (κ1) is 8.93. The largest absolute Gasteiger partial charge is 0.307 e. The molecule has 1 aromatic heterocycles. The van der Waals surface area contributed by atoms with E-state index >= 15 is 0 Å². The Hall–Kier alpha value is -0.340.